The first-order valence-electron chi connectivity index (χ1n) is 9.88. The van der Waals surface area contributed by atoms with Crippen LogP contribution in [0.15, 0.2) is 18.5 Å². The van der Waals surface area contributed by atoms with Crippen molar-refractivity contribution in [2.24, 2.45) is 5.92 Å². The van der Waals surface area contributed by atoms with Gasteiger partial charge in [-0.05, 0) is 32.3 Å². The predicted molar refractivity (Wildman–Crippen MR) is 105 cm³/mol. The van der Waals surface area contributed by atoms with Crippen molar-refractivity contribution in [3.05, 3.63) is 24.2 Å². The maximum Gasteiger partial charge on any atom is 0.321 e. The standard InChI is InChI=1S/C19H25N7O3/c1-11(2)22-16(27)7-12-3-5-25(10-12)15-8-14(24-26-6-4-20-17(15)26)13-9-21-19(29)23-18(13)28/h4,6,8,11-13H,3,5,7,9-10H2,1-2H3,(H,22,27)(H2,21,23,28,29). The maximum atomic E-state index is 12.3. The molecule has 2 aromatic heterocycles. The third-order valence-electron chi connectivity index (χ3n) is 5.29. The van der Waals surface area contributed by atoms with E-state index >= 15 is 0 Å². The van der Waals surface area contributed by atoms with E-state index in [0.29, 0.717) is 17.8 Å². The number of nitrogens with zero attached hydrogens (tertiary/aromatic N) is 4. The summed E-state index contributed by atoms with van der Waals surface area (Å²) < 4.78 is 1.66. The van der Waals surface area contributed by atoms with Gasteiger partial charge in [-0.3, -0.25) is 14.9 Å². The molecule has 0 spiro atoms. The van der Waals surface area contributed by atoms with E-state index in [1.165, 1.54) is 0 Å². The van der Waals surface area contributed by atoms with Gasteiger partial charge < -0.3 is 15.5 Å². The lowest BCUT2D eigenvalue weighted by Gasteiger charge is -2.24. The zero-order chi connectivity index (χ0) is 20.5. The number of aromatic nitrogens is 3. The summed E-state index contributed by atoms with van der Waals surface area (Å²) in [5.74, 6) is -0.592. The molecule has 10 nitrogen and oxygen atoms in total. The molecular weight excluding hydrogens is 374 g/mol. The average Bonchev–Trinajstić information content (AvgIpc) is 3.29. The van der Waals surface area contributed by atoms with Gasteiger partial charge in [0.15, 0.2) is 5.65 Å². The molecule has 29 heavy (non-hydrogen) atoms. The fourth-order valence-electron chi connectivity index (χ4n) is 3.95. The van der Waals surface area contributed by atoms with E-state index < -0.39 is 11.9 Å². The lowest BCUT2D eigenvalue weighted by molar-refractivity contribution is -0.123. The van der Waals surface area contributed by atoms with Gasteiger partial charge in [-0.1, -0.05) is 0 Å². The molecule has 4 heterocycles. The molecule has 2 saturated heterocycles. The number of rotatable bonds is 5. The number of nitrogens with one attached hydrogen (secondary N) is 3. The van der Waals surface area contributed by atoms with Gasteiger partial charge in [-0.25, -0.2) is 14.3 Å². The topological polar surface area (TPSA) is 121 Å². The van der Waals surface area contributed by atoms with E-state index in [9.17, 15) is 14.4 Å². The average molecular weight is 399 g/mol. The van der Waals surface area contributed by atoms with Gasteiger partial charge in [0.1, 0.15) is 0 Å². The number of hydrogen-bond donors (Lipinski definition) is 3. The monoisotopic (exact) mass is 399 g/mol. The van der Waals surface area contributed by atoms with Gasteiger partial charge >= 0.3 is 6.03 Å². The third kappa shape index (κ3) is 4.01. The van der Waals surface area contributed by atoms with E-state index in [4.69, 9.17) is 0 Å². The zero-order valence-electron chi connectivity index (χ0n) is 16.5. The van der Waals surface area contributed by atoms with Crippen molar-refractivity contribution in [1.29, 1.82) is 0 Å². The molecule has 0 aliphatic carbocycles. The molecule has 0 aromatic carbocycles. The zero-order valence-corrected chi connectivity index (χ0v) is 16.5. The van der Waals surface area contributed by atoms with Crippen molar-refractivity contribution in [1.82, 2.24) is 30.5 Å². The van der Waals surface area contributed by atoms with Crippen molar-refractivity contribution >= 4 is 29.2 Å². The van der Waals surface area contributed by atoms with Crippen molar-refractivity contribution in [2.75, 3.05) is 24.5 Å². The molecular formula is C19H25N7O3. The van der Waals surface area contributed by atoms with Crippen LogP contribution in [-0.2, 0) is 9.59 Å². The molecule has 154 valence electrons. The highest BCUT2D eigenvalue weighted by atomic mass is 16.2. The molecule has 2 aromatic rings. The van der Waals surface area contributed by atoms with Crippen LogP contribution in [0.5, 0.6) is 0 Å². The van der Waals surface area contributed by atoms with Crippen LogP contribution in [0.4, 0.5) is 10.5 Å². The fourth-order valence-corrected chi connectivity index (χ4v) is 3.95. The second kappa shape index (κ2) is 7.69. The molecule has 0 saturated carbocycles. The van der Waals surface area contributed by atoms with Crippen LogP contribution >= 0.6 is 0 Å². The van der Waals surface area contributed by atoms with Crippen molar-refractivity contribution in [3.63, 3.8) is 0 Å². The minimum absolute atomic E-state index is 0.0721. The molecule has 0 bridgehead atoms. The van der Waals surface area contributed by atoms with E-state index in [-0.39, 0.29) is 30.3 Å². The number of imidazole rings is 1. The Hall–Kier alpha value is -3.17. The molecule has 2 unspecified atom stereocenters. The maximum absolute atomic E-state index is 12.3. The SMILES string of the molecule is CC(C)NC(=O)CC1CCN(c2cc(C3CNC(=O)NC3=O)nn3ccnc23)C1. The molecule has 4 rings (SSSR count). The van der Waals surface area contributed by atoms with E-state index in [1.54, 1.807) is 16.9 Å². The lowest BCUT2D eigenvalue weighted by atomic mass is 10.0. The van der Waals surface area contributed by atoms with Gasteiger partial charge in [-0.15, -0.1) is 0 Å². The highest BCUT2D eigenvalue weighted by Gasteiger charge is 2.32. The summed E-state index contributed by atoms with van der Waals surface area (Å²) in [6, 6.07) is 1.52. The Kier molecular flexibility index (Phi) is 5.08. The van der Waals surface area contributed by atoms with Crippen molar-refractivity contribution < 1.29 is 14.4 Å². The van der Waals surface area contributed by atoms with Gasteiger partial charge in [0.2, 0.25) is 11.8 Å². The Morgan fingerprint density at radius 1 is 1.38 bits per heavy atom. The van der Waals surface area contributed by atoms with Gasteiger partial charge in [-0.2, -0.15) is 5.10 Å². The Morgan fingerprint density at radius 2 is 2.21 bits per heavy atom. The third-order valence-corrected chi connectivity index (χ3v) is 5.29. The number of fused-ring (bicyclic) bond motifs is 1. The largest absolute Gasteiger partial charge is 0.368 e. The minimum Gasteiger partial charge on any atom is -0.368 e. The first-order valence-corrected chi connectivity index (χ1v) is 9.88. The normalized spacial score (nSPS) is 22.1. The number of anilines is 1. The second-order valence-electron chi connectivity index (χ2n) is 7.93. The lowest BCUT2D eigenvalue weighted by Crippen LogP contribution is -2.51. The van der Waals surface area contributed by atoms with Gasteiger partial charge in [0, 0.05) is 44.5 Å². The van der Waals surface area contributed by atoms with Crippen LogP contribution < -0.4 is 20.9 Å². The summed E-state index contributed by atoms with van der Waals surface area (Å²) in [6.45, 7) is 5.66. The summed E-state index contributed by atoms with van der Waals surface area (Å²) in [7, 11) is 0. The predicted octanol–water partition coefficient (Wildman–Crippen LogP) is 0.393. The van der Waals surface area contributed by atoms with Gasteiger partial charge in [0.25, 0.3) is 0 Å². The quantitative estimate of drug-likeness (QED) is 0.669. The smallest absolute Gasteiger partial charge is 0.321 e. The number of amides is 4. The molecule has 4 amide bonds. The molecule has 2 aliphatic rings. The Balaban J connectivity index is 1.56. The molecule has 3 N–H and O–H groups in total. The number of urea groups is 1. The highest BCUT2D eigenvalue weighted by molar-refractivity contribution is 6.00. The van der Waals surface area contributed by atoms with Crippen LogP contribution in [0.25, 0.3) is 5.65 Å². The molecule has 10 heteroatoms. The molecule has 2 atom stereocenters. The summed E-state index contributed by atoms with van der Waals surface area (Å²) in [5, 5.41) is 12.4. The number of carbonyl (C=O) groups excluding carboxylic acids is 3. The van der Waals surface area contributed by atoms with Crippen molar-refractivity contribution in [3.8, 4) is 0 Å². The summed E-state index contributed by atoms with van der Waals surface area (Å²) in [6.07, 6.45) is 4.82. The van der Waals surface area contributed by atoms with E-state index in [1.807, 2.05) is 19.9 Å². The van der Waals surface area contributed by atoms with E-state index in [0.717, 1.165) is 25.2 Å². The van der Waals surface area contributed by atoms with Crippen LogP contribution in [0.1, 0.15) is 38.3 Å². The highest BCUT2D eigenvalue weighted by Crippen LogP contribution is 2.30. The molecule has 2 aliphatic heterocycles. The Morgan fingerprint density at radius 3 is 2.97 bits per heavy atom. The Labute approximate surface area is 168 Å². The summed E-state index contributed by atoms with van der Waals surface area (Å²) >= 11 is 0. The number of hydrogen-bond acceptors (Lipinski definition) is 6. The summed E-state index contributed by atoms with van der Waals surface area (Å²) in [5.41, 5.74) is 2.17. The Bertz CT molecular complexity index is 954. The van der Waals surface area contributed by atoms with Crippen LogP contribution in [0.2, 0.25) is 0 Å². The minimum atomic E-state index is -0.562. The molecule has 0 radical (unpaired) electrons. The van der Waals surface area contributed by atoms with Crippen LogP contribution in [0.3, 0.4) is 0 Å². The van der Waals surface area contributed by atoms with E-state index in [2.05, 4.69) is 30.9 Å². The first kappa shape index (κ1) is 19.2. The van der Waals surface area contributed by atoms with Crippen LogP contribution in [0, 0.1) is 5.92 Å². The van der Waals surface area contributed by atoms with Crippen molar-refractivity contribution in [2.45, 2.75) is 38.6 Å². The first-order chi connectivity index (χ1) is 13.9. The molecule has 2 fully saturated rings. The number of carbonyl (C=O) groups is 3. The summed E-state index contributed by atoms with van der Waals surface area (Å²) in [4.78, 5) is 42.4. The fraction of sp³-hybridized carbons (Fsp3) is 0.526. The number of imide groups is 1. The van der Waals surface area contributed by atoms with Crippen LogP contribution in [-0.4, -0.2) is 58.1 Å². The second-order valence-corrected chi connectivity index (χ2v) is 7.93. The van der Waals surface area contributed by atoms with Gasteiger partial charge in [0.05, 0.1) is 17.3 Å².